The zero-order valence-electron chi connectivity index (χ0n) is 9.82. The smallest absolute Gasteiger partial charge is 0.336 e. The predicted octanol–water partition coefficient (Wildman–Crippen LogP) is 1.21. The molecule has 1 aromatic carbocycles. The zero-order chi connectivity index (χ0) is 12.8. The van der Waals surface area contributed by atoms with Crippen molar-refractivity contribution in [2.75, 3.05) is 13.2 Å². The Morgan fingerprint density at radius 1 is 1.41 bits per heavy atom. The van der Waals surface area contributed by atoms with Gasteiger partial charge in [0.1, 0.15) is 12.4 Å². The van der Waals surface area contributed by atoms with Crippen LogP contribution in [0.25, 0.3) is 0 Å². The number of carbonyl (C=O) groups is 2. The molecule has 0 fully saturated rings. The van der Waals surface area contributed by atoms with Gasteiger partial charge in [-0.2, -0.15) is 0 Å². The monoisotopic (exact) mass is 237 g/mol. The van der Waals surface area contributed by atoms with Gasteiger partial charge in [-0.25, -0.2) is 4.79 Å². The Labute approximate surface area is 99.4 Å². The first kappa shape index (κ1) is 13.0. The molecule has 17 heavy (non-hydrogen) atoms. The summed E-state index contributed by atoms with van der Waals surface area (Å²) in [6.07, 6.45) is 0. The number of carboxylic acids is 1. The maximum absolute atomic E-state index is 10.9. The summed E-state index contributed by atoms with van der Waals surface area (Å²) in [5, 5.41) is 11.5. The first-order chi connectivity index (χ1) is 8.02. The number of aromatic carboxylic acids is 1. The fraction of sp³-hybridized carbons (Fsp3) is 0.333. The Bertz CT molecular complexity index is 429. The van der Waals surface area contributed by atoms with Crippen molar-refractivity contribution in [2.45, 2.75) is 13.8 Å². The van der Waals surface area contributed by atoms with Gasteiger partial charge in [-0.05, 0) is 19.1 Å². The summed E-state index contributed by atoms with van der Waals surface area (Å²) in [5.74, 6) is -0.574. The Morgan fingerprint density at radius 2 is 2.12 bits per heavy atom. The normalized spacial score (nSPS) is 9.76. The maximum atomic E-state index is 10.9. The van der Waals surface area contributed by atoms with E-state index < -0.39 is 5.97 Å². The van der Waals surface area contributed by atoms with Crippen molar-refractivity contribution in [1.29, 1.82) is 0 Å². The van der Waals surface area contributed by atoms with Gasteiger partial charge in [0.25, 0.3) is 0 Å². The molecule has 0 aliphatic rings. The standard InChI is InChI=1S/C12H15NO4/c1-8-10(12(15)16)4-3-5-11(8)17-7-6-13-9(2)14/h3-5H,6-7H2,1-2H3,(H,13,14)(H,15,16). The fourth-order valence-electron chi connectivity index (χ4n) is 1.39. The quantitative estimate of drug-likeness (QED) is 0.755. The van der Waals surface area contributed by atoms with Crippen LogP contribution in [0, 0.1) is 6.92 Å². The predicted molar refractivity (Wildman–Crippen MR) is 62.3 cm³/mol. The minimum Gasteiger partial charge on any atom is -0.491 e. The molecular weight excluding hydrogens is 222 g/mol. The third-order valence-corrected chi connectivity index (χ3v) is 2.25. The molecule has 2 N–H and O–H groups in total. The van der Waals surface area contributed by atoms with E-state index in [1.807, 2.05) is 0 Å². The Balaban J connectivity index is 2.62. The van der Waals surface area contributed by atoms with Crippen molar-refractivity contribution in [3.8, 4) is 5.75 Å². The maximum Gasteiger partial charge on any atom is 0.336 e. The SMILES string of the molecule is CC(=O)NCCOc1cccc(C(=O)O)c1C. The molecule has 92 valence electrons. The van der Waals surface area contributed by atoms with E-state index in [4.69, 9.17) is 9.84 Å². The molecule has 0 unspecified atom stereocenters. The van der Waals surface area contributed by atoms with Crippen LogP contribution >= 0.6 is 0 Å². The lowest BCUT2D eigenvalue weighted by atomic mass is 10.1. The minimum absolute atomic E-state index is 0.121. The number of ether oxygens (including phenoxy) is 1. The van der Waals surface area contributed by atoms with E-state index in [0.717, 1.165) is 0 Å². The second-order valence-electron chi connectivity index (χ2n) is 3.57. The zero-order valence-corrected chi connectivity index (χ0v) is 9.82. The molecule has 1 rings (SSSR count). The molecule has 5 nitrogen and oxygen atoms in total. The van der Waals surface area contributed by atoms with Gasteiger partial charge in [0, 0.05) is 12.5 Å². The lowest BCUT2D eigenvalue weighted by molar-refractivity contribution is -0.119. The Kier molecular flexibility index (Phi) is 4.51. The molecule has 1 amide bonds. The van der Waals surface area contributed by atoms with E-state index in [2.05, 4.69) is 5.32 Å². The van der Waals surface area contributed by atoms with E-state index in [0.29, 0.717) is 24.5 Å². The van der Waals surface area contributed by atoms with Crippen LogP contribution in [-0.2, 0) is 4.79 Å². The van der Waals surface area contributed by atoms with E-state index in [1.54, 1.807) is 19.1 Å². The van der Waals surface area contributed by atoms with Gasteiger partial charge in [-0.1, -0.05) is 6.07 Å². The highest BCUT2D eigenvalue weighted by atomic mass is 16.5. The summed E-state index contributed by atoms with van der Waals surface area (Å²) in [5.41, 5.74) is 0.810. The van der Waals surface area contributed by atoms with Gasteiger partial charge in [0.2, 0.25) is 5.91 Å². The Morgan fingerprint density at radius 3 is 2.71 bits per heavy atom. The number of carbonyl (C=O) groups excluding carboxylic acids is 1. The molecule has 0 bridgehead atoms. The van der Waals surface area contributed by atoms with Gasteiger partial charge in [-0.3, -0.25) is 4.79 Å². The van der Waals surface area contributed by atoms with Crippen LogP contribution in [0.2, 0.25) is 0 Å². The summed E-state index contributed by atoms with van der Waals surface area (Å²) in [7, 11) is 0. The second kappa shape index (κ2) is 5.89. The fourth-order valence-corrected chi connectivity index (χ4v) is 1.39. The highest BCUT2D eigenvalue weighted by Crippen LogP contribution is 2.21. The van der Waals surface area contributed by atoms with Crippen molar-refractivity contribution in [2.24, 2.45) is 0 Å². The molecule has 0 spiro atoms. The number of nitrogens with one attached hydrogen (secondary N) is 1. The highest BCUT2D eigenvalue weighted by Gasteiger charge is 2.10. The van der Waals surface area contributed by atoms with Crippen molar-refractivity contribution in [3.63, 3.8) is 0 Å². The molecule has 0 heterocycles. The van der Waals surface area contributed by atoms with Gasteiger partial charge in [0.05, 0.1) is 12.1 Å². The van der Waals surface area contributed by atoms with E-state index in [-0.39, 0.29) is 11.5 Å². The summed E-state index contributed by atoms with van der Waals surface area (Å²) in [6, 6.07) is 4.86. The van der Waals surface area contributed by atoms with E-state index >= 15 is 0 Å². The molecule has 0 aliphatic carbocycles. The minimum atomic E-state index is -0.977. The van der Waals surface area contributed by atoms with Crippen LogP contribution in [0.5, 0.6) is 5.75 Å². The number of carboxylic acid groups (broad SMARTS) is 1. The lowest BCUT2D eigenvalue weighted by Gasteiger charge is -2.10. The average Bonchev–Trinajstić information content (AvgIpc) is 2.25. The molecule has 1 aromatic rings. The molecule has 5 heteroatoms. The number of hydrogen-bond donors (Lipinski definition) is 2. The first-order valence-corrected chi connectivity index (χ1v) is 5.22. The third kappa shape index (κ3) is 3.79. The van der Waals surface area contributed by atoms with Crippen molar-refractivity contribution >= 4 is 11.9 Å². The summed E-state index contributed by atoms with van der Waals surface area (Å²) >= 11 is 0. The van der Waals surface area contributed by atoms with Crippen LogP contribution in [0.3, 0.4) is 0 Å². The highest BCUT2D eigenvalue weighted by molar-refractivity contribution is 5.90. The molecule has 0 aliphatic heterocycles. The van der Waals surface area contributed by atoms with Gasteiger partial charge in [0.15, 0.2) is 0 Å². The second-order valence-corrected chi connectivity index (χ2v) is 3.57. The summed E-state index contributed by atoms with van der Waals surface area (Å²) in [6.45, 7) is 3.82. The molecule has 0 saturated heterocycles. The van der Waals surface area contributed by atoms with Crippen LogP contribution < -0.4 is 10.1 Å². The van der Waals surface area contributed by atoms with Crippen LogP contribution in [0.4, 0.5) is 0 Å². The molecule has 0 aromatic heterocycles. The Hall–Kier alpha value is -2.04. The number of hydrogen-bond acceptors (Lipinski definition) is 3. The summed E-state index contributed by atoms with van der Waals surface area (Å²) in [4.78, 5) is 21.5. The van der Waals surface area contributed by atoms with E-state index in [1.165, 1.54) is 13.0 Å². The molecule has 0 atom stereocenters. The average molecular weight is 237 g/mol. The number of benzene rings is 1. The van der Waals surface area contributed by atoms with Crippen LogP contribution in [0.1, 0.15) is 22.8 Å². The van der Waals surface area contributed by atoms with Crippen molar-refractivity contribution in [1.82, 2.24) is 5.32 Å². The number of rotatable bonds is 5. The van der Waals surface area contributed by atoms with Crippen LogP contribution in [0.15, 0.2) is 18.2 Å². The van der Waals surface area contributed by atoms with Crippen molar-refractivity contribution < 1.29 is 19.4 Å². The largest absolute Gasteiger partial charge is 0.491 e. The topological polar surface area (TPSA) is 75.6 Å². The van der Waals surface area contributed by atoms with E-state index in [9.17, 15) is 9.59 Å². The molecular formula is C12H15NO4. The third-order valence-electron chi connectivity index (χ3n) is 2.25. The summed E-state index contributed by atoms with van der Waals surface area (Å²) < 4.78 is 5.40. The van der Waals surface area contributed by atoms with Gasteiger partial charge >= 0.3 is 5.97 Å². The molecule has 0 radical (unpaired) electrons. The number of amides is 1. The lowest BCUT2D eigenvalue weighted by Crippen LogP contribution is -2.25. The first-order valence-electron chi connectivity index (χ1n) is 5.22. The van der Waals surface area contributed by atoms with Crippen LogP contribution in [-0.4, -0.2) is 30.1 Å². The van der Waals surface area contributed by atoms with Gasteiger partial charge < -0.3 is 15.2 Å². The van der Waals surface area contributed by atoms with Crippen molar-refractivity contribution in [3.05, 3.63) is 29.3 Å². The molecule has 0 saturated carbocycles. The van der Waals surface area contributed by atoms with Gasteiger partial charge in [-0.15, -0.1) is 0 Å².